The maximum absolute atomic E-state index is 13.2. The molecule has 72 valence electrons. The summed E-state index contributed by atoms with van der Waals surface area (Å²) in [6.07, 6.45) is 0. The van der Waals surface area contributed by atoms with Crippen LogP contribution in [0, 0.1) is 5.82 Å². The van der Waals surface area contributed by atoms with Crippen LogP contribution in [0.15, 0.2) is 16.6 Å². The number of hydrogen-bond donors (Lipinski definition) is 1. The molecular formula is C8H8BrClFNO. The number of benzene rings is 1. The fourth-order valence-electron chi connectivity index (χ4n) is 0.852. The molecule has 2 nitrogen and oxygen atoms in total. The lowest BCUT2D eigenvalue weighted by atomic mass is 10.2. The van der Waals surface area contributed by atoms with Crippen LogP contribution in [0.2, 0.25) is 5.02 Å². The lowest BCUT2D eigenvalue weighted by molar-refractivity contribution is 0.0865. The largest absolute Gasteiger partial charge is 0.305 e. The first-order valence-corrected chi connectivity index (χ1v) is 4.72. The molecule has 1 aromatic rings. The molecule has 0 aromatic heterocycles. The number of rotatable bonds is 3. The third kappa shape index (κ3) is 2.64. The molecule has 0 spiro atoms. The third-order valence-electron chi connectivity index (χ3n) is 1.52. The predicted molar refractivity (Wildman–Crippen MR) is 53.0 cm³/mol. The first-order valence-electron chi connectivity index (χ1n) is 3.55. The molecular weight excluding hydrogens is 260 g/mol. The summed E-state index contributed by atoms with van der Waals surface area (Å²) < 4.78 is 13.5. The molecule has 13 heavy (non-hydrogen) atoms. The minimum atomic E-state index is -0.447. The Morgan fingerprint density at radius 2 is 2.31 bits per heavy atom. The highest BCUT2D eigenvalue weighted by Gasteiger charge is 2.08. The molecule has 0 saturated heterocycles. The highest BCUT2D eigenvalue weighted by molar-refractivity contribution is 9.10. The monoisotopic (exact) mass is 267 g/mol. The first-order chi connectivity index (χ1) is 6.16. The van der Waals surface area contributed by atoms with Crippen LogP contribution in [0.25, 0.3) is 0 Å². The van der Waals surface area contributed by atoms with E-state index in [4.69, 9.17) is 11.6 Å². The van der Waals surface area contributed by atoms with E-state index in [0.29, 0.717) is 11.0 Å². The summed E-state index contributed by atoms with van der Waals surface area (Å²) in [6.45, 7) is 0.422. The summed E-state index contributed by atoms with van der Waals surface area (Å²) in [5, 5.41) is 0.105. The Hall–Kier alpha value is -0.160. The van der Waals surface area contributed by atoms with E-state index in [1.165, 1.54) is 13.2 Å². The second kappa shape index (κ2) is 4.91. The molecule has 1 N–H and O–H groups in total. The van der Waals surface area contributed by atoms with Crippen molar-refractivity contribution in [2.45, 2.75) is 6.54 Å². The summed E-state index contributed by atoms with van der Waals surface area (Å²) in [5.74, 6) is -0.447. The van der Waals surface area contributed by atoms with E-state index in [2.05, 4.69) is 26.2 Å². The smallest absolute Gasteiger partial charge is 0.156 e. The Bertz CT molecular complexity index is 308. The fraction of sp³-hybridized carbons (Fsp3) is 0.250. The predicted octanol–water partition coefficient (Wildman–Crippen LogP) is 2.89. The Morgan fingerprint density at radius 1 is 1.62 bits per heavy atom. The van der Waals surface area contributed by atoms with Crippen LogP contribution < -0.4 is 5.48 Å². The van der Waals surface area contributed by atoms with Gasteiger partial charge in [-0.05, 0) is 27.6 Å². The van der Waals surface area contributed by atoms with Crippen molar-refractivity contribution in [1.29, 1.82) is 0 Å². The van der Waals surface area contributed by atoms with Crippen LogP contribution in [0.3, 0.4) is 0 Å². The Labute approximate surface area is 89.1 Å². The van der Waals surface area contributed by atoms with E-state index in [9.17, 15) is 4.39 Å². The molecule has 0 bridgehead atoms. The lowest BCUT2D eigenvalue weighted by Gasteiger charge is -2.06. The normalized spacial score (nSPS) is 10.5. The van der Waals surface area contributed by atoms with Crippen molar-refractivity contribution in [3.63, 3.8) is 0 Å². The van der Waals surface area contributed by atoms with Gasteiger partial charge in [-0.2, -0.15) is 5.48 Å². The fourth-order valence-corrected chi connectivity index (χ4v) is 1.61. The van der Waals surface area contributed by atoms with Crippen LogP contribution in [0.5, 0.6) is 0 Å². The van der Waals surface area contributed by atoms with Crippen LogP contribution in [-0.4, -0.2) is 7.11 Å². The topological polar surface area (TPSA) is 21.3 Å². The van der Waals surface area contributed by atoms with Crippen LogP contribution in [-0.2, 0) is 11.4 Å². The van der Waals surface area contributed by atoms with Gasteiger partial charge < -0.3 is 4.84 Å². The zero-order chi connectivity index (χ0) is 9.84. The van der Waals surface area contributed by atoms with E-state index in [0.717, 1.165) is 5.56 Å². The van der Waals surface area contributed by atoms with Crippen LogP contribution in [0.1, 0.15) is 5.56 Å². The molecule has 0 heterocycles. The molecule has 0 aliphatic carbocycles. The van der Waals surface area contributed by atoms with E-state index < -0.39 is 5.82 Å². The second-order valence-corrected chi connectivity index (χ2v) is 3.56. The second-order valence-electron chi connectivity index (χ2n) is 2.36. The van der Waals surface area contributed by atoms with Gasteiger partial charge in [-0.3, -0.25) is 0 Å². The van der Waals surface area contributed by atoms with Gasteiger partial charge in [-0.1, -0.05) is 17.7 Å². The number of halogens is 3. The third-order valence-corrected chi connectivity index (χ3v) is 2.67. The molecule has 0 saturated carbocycles. The molecule has 0 aliphatic heterocycles. The van der Waals surface area contributed by atoms with Crippen molar-refractivity contribution in [2.75, 3.05) is 7.11 Å². The van der Waals surface area contributed by atoms with Crippen molar-refractivity contribution in [3.05, 3.63) is 33.0 Å². The standard InChI is InChI=1S/C8H8BrClFNO/c1-13-12-4-5-2-3-6(10)8(11)7(5)9/h2-3,12H,4H2,1H3. The van der Waals surface area contributed by atoms with Gasteiger partial charge >= 0.3 is 0 Å². The Balaban J connectivity index is 2.90. The molecule has 0 amide bonds. The highest BCUT2D eigenvalue weighted by Crippen LogP contribution is 2.26. The number of hydrogen-bond acceptors (Lipinski definition) is 2. The van der Waals surface area contributed by atoms with Gasteiger partial charge in [0.15, 0.2) is 5.82 Å². The minimum Gasteiger partial charge on any atom is -0.305 e. The van der Waals surface area contributed by atoms with Crippen molar-refractivity contribution in [2.24, 2.45) is 0 Å². The molecule has 0 fully saturated rings. The SMILES string of the molecule is CONCc1ccc(Cl)c(F)c1Br. The van der Waals surface area contributed by atoms with Gasteiger partial charge in [-0.25, -0.2) is 4.39 Å². The summed E-state index contributed by atoms with van der Waals surface area (Å²) >= 11 is 8.67. The average Bonchev–Trinajstić information content (AvgIpc) is 2.13. The molecule has 1 rings (SSSR count). The quantitative estimate of drug-likeness (QED) is 0.672. The maximum atomic E-state index is 13.2. The molecule has 0 atom stereocenters. The molecule has 0 radical (unpaired) electrons. The van der Waals surface area contributed by atoms with Crippen LogP contribution >= 0.6 is 27.5 Å². The van der Waals surface area contributed by atoms with E-state index >= 15 is 0 Å². The van der Waals surface area contributed by atoms with Crippen molar-refractivity contribution in [3.8, 4) is 0 Å². The van der Waals surface area contributed by atoms with Crippen LogP contribution in [0.4, 0.5) is 4.39 Å². The zero-order valence-electron chi connectivity index (χ0n) is 6.90. The Kier molecular flexibility index (Phi) is 4.12. The summed E-state index contributed by atoms with van der Waals surface area (Å²) in [5.41, 5.74) is 3.37. The van der Waals surface area contributed by atoms with Gasteiger partial charge in [-0.15, -0.1) is 0 Å². The molecule has 1 aromatic carbocycles. The lowest BCUT2D eigenvalue weighted by Crippen LogP contribution is -2.11. The average molecular weight is 269 g/mol. The van der Waals surface area contributed by atoms with Gasteiger partial charge in [0.05, 0.1) is 16.6 Å². The van der Waals surface area contributed by atoms with E-state index in [1.807, 2.05) is 0 Å². The number of hydroxylamine groups is 1. The van der Waals surface area contributed by atoms with Gasteiger partial charge in [0.1, 0.15) is 0 Å². The highest BCUT2D eigenvalue weighted by atomic mass is 79.9. The molecule has 0 aliphatic rings. The maximum Gasteiger partial charge on any atom is 0.156 e. The van der Waals surface area contributed by atoms with Gasteiger partial charge in [0.25, 0.3) is 0 Å². The van der Waals surface area contributed by atoms with Crippen molar-refractivity contribution in [1.82, 2.24) is 5.48 Å². The minimum absolute atomic E-state index is 0.105. The summed E-state index contributed by atoms with van der Waals surface area (Å²) in [7, 11) is 1.50. The summed E-state index contributed by atoms with van der Waals surface area (Å²) in [4.78, 5) is 4.64. The zero-order valence-corrected chi connectivity index (χ0v) is 9.25. The van der Waals surface area contributed by atoms with E-state index in [1.54, 1.807) is 6.07 Å². The van der Waals surface area contributed by atoms with Gasteiger partial charge in [0.2, 0.25) is 0 Å². The molecule has 0 unspecified atom stereocenters. The molecule has 5 heteroatoms. The van der Waals surface area contributed by atoms with E-state index in [-0.39, 0.29) is 5.02 Å². The summed E-state index contributed by atoms with van der Waals surface area (Å²) in [6, 6.07) is 3.23. The van der Waals surface area contributed by atoms with Crippen molar-refractivity contribution >= 4 is 27.5 Å². The van der Waals surface area contributed by atoms with Gasteiger partial charge in [0, 0.05) is 6.54 Å². The van der Waals surface area contributed by atoms with Crippen molar-refractivity contribution < 1.29 is 9.23 Å². The number of nitrogens with one attached hydrogen (secondary N) is 1. The first kappa shape index (κ1) is 10.9. The Morgan fingerprint density at radius 3 is 2.92 bits per heavy atom.